The Bertz CT molecular complexity index is 256. The average Bonchev–Trinajstić information content (AvgIpc) is 2.05. The summed E-state index contributed by atoms with van der Waals surface area (Å²) in [5, 5.41) is 0. The van der Waals surface area contributed by atoms with Crippen LogP contribution in [-0.4, -0.2) is 7.11 Å². The van der Waals surface area contributed by atoms with E-state index in [4.69, 9.17) is 11.3 Å². The average molecular weight is 526 g/mol. The second-order valence-corrected chi connectivity index (χ2v) is 3.24. The summed E-state index contributed by atoms with van der Waals surface area (Å²) in [6.45, 7) is 5.57. The molecule has 0 fully saturated rings. The van der Waals surface area contributed by atoms with Crippen molar-refractivity contribution in [1.82, 2.24) is 0 Å². The maximum absolute atomic E-state index is 5.57. The summed E-state index contributed by atoms with van der Waals surface area (Å²) in [6, 6.07) is 7.64. The first-order valence-corrected chi connectivity index (χ1v) is 4.24. The number of rotatable bonds is 2. The fourth-order valence-corrected chi connectivity index (χ4v) is 1.11. The molecular weight excluding hydrogens is 518 g/mol. The zero-order valence-electron chi connectivity index (χ0n) is 6.88. The number of benzene rings is 1. The third-order valence-electron chi connectivity index (χ3n) is 1.37. The van der Waals surface area contributed by atoms with Gasteiger partial charge in [0.2, 0.25) is 0 Å². The van der Waals surface area contributed by atoms with E-state index in [2.05, 4.69) is 22.6 Å². The SMILES string of the molecule is [CH-]=C(I)c1ccc(OC)cc1.[Rf]. The van der Waals surface area contributed by atoms with E-state index in [1.165, 1.54) is 0 Å². The van der Waals surface area contributed by atoms with Gasteiger partial charge in [0.1, 0.15) is 5.75 Å². The zero-order valence-corrected chi connectivity index (χ0v) is 15.4. The molecule has 0 N–H and O–H groups in total. The standard InChI is InChI=1S/C9H8IO.Rf/c1-7(10)8-3-5-9(11-2)6-4-8;/h1,3-6H,2H3;/q-1;. The Hall–Kier alpha value is -1.51. The molecule has 60 valence electrons. The second-order valence-electron chi connectivity index (χ2n) is 2.08. The Morgan fingerprint density at radius 1 is 1.33 bits per heavy atom. The molecule has 0 aliphatic heterocycles. The molecule has 0 spiro atoms. The van der Waals surface area contributed by atoms with Gasteiger partial charge in [-0.25, -0.2) is 0 Å². The van der Waals surface area contributed by atoms with Crippen LogP contribution in [0.1, 0.15) is 5.56 Å². The van der Waals surface area contributed by atoms with Crippen molar-refractivity contribution in [2.75, 3.05) is 7.11 Å². The van der Waals surface area contributed by atoms with Gasteiger partial charge in [0.15, 0.2) is 0 Å². The molecule has 1 nitrogen and oxygen atoms in total. The molecular formula is C9H8IORf-. The van der Waals surface area contributed by atoms with Crippen molar-refractivity contribution in [3.05, 3.63) is 36.4 Å². The van der Waals surface area contributed by atoms with Crippen molar-refractivity contribution in [2.45, 2.75) is 0 Å². The third kappa shape index (κ3) is 2.27. The smallest absolute Gasteiger partial charge is 0.115 e. The van der Waals surface area contributed by atoms with Crippen LogP contribution in [0.3, 0.4) is 0 Å². The van der Waals surface area contributed by atoms with E-state index in [1.807, 2.05) is 24.3 Å². The molecule has 0 aliphatic carbocycles. The topological polar surface area (TPSA) is 9.23 Å². The van der Waals surface area contributed by atoms with E-state index < -0.39 is 0 Å². The largest absolute Gasteiger partial charge is 0.497 e. The van der Waals surface area contributed by atoms with Crippen molar-refractivity contribution in [3.8, 4) is 5.75 Å². The van der Waals surface area contributed by atoms with Gasteiger partial charge in [-0.3, -0.25) is 6.58 Å². The molecule has 3 heteroatoms. The van der Waals surface area contributed by atoms with Crippen molar-refractivity contribution in [3.63, 3.8) is 0 Å². The van der Waals surface area contributed by atoms with Crippen LogP contribution in [0.25, 0.3) is 3.58 Å². The van der Waals surface area contributed by atoms with Gasteiger partial charge in [0, 0.05) is 0 Å². The zero-order chi connectivity index (χ0) is 8.27. The van der Waals surface area contributed by atoms with Crippen molar-refractivity contribution >= 4 is 26.2 Å². The van der Waals surface area contributed by atoms with E-state index in [0.29, 0.717) is 0 Å². The molecule has 1 aromatic rings. The van der Waals surface area contributed by atoms with E-state index in [0.717, 1.165) is 14.9 Å². The van der Waals surface area contributed by atoms with Crippen LogP contribution in [0.2, 0.25) is 0 Å². The van der Waals surface area contributed by atoms with E-state index >= 15 is 0 Å². The fraction of sp³-hybridized carbons (Fsp3) is 0.111. The fourth-order valence-electron chi connectivity index (χ4n) is 0.750. The van der Waals surface area contributed by atoms with Crippen molar-refractivity contribution in [2.24, 2.45) is 0 Å². The monoisotopic (exact) mass is 526 g/mol. The number of halogens is 1. The molecule has 0 aromatic heterocycles. The first-order chi connectivity index (χ1) is 5.24. The van der Waals surface area contributed by atoms with Gasteiger partial charge in [0.05, 0.1) is 7.11 Å². The Balaban J connectivity index is 0.00000121. The number of hydrogen-bond acceptors (Lipinski definition) is 1. The molecule has 1 rings (SSSR count). The summed E-state index contributed by atoms with van der Waals surface area (Å²) in [5.74, 6) is 0.853. The molecule has 0 bridgehead atoms. The predicted molar refractivity (Wildman–Crippen MR) is 54.7 cm³/mol. The van der Waals surface area contributed by atoms with Gasteiger partial charge in [-0.15, -0.1) is 12.1 Å². The summed E-state index contributed by atoms with van der Waals surface area (Å²) in [5.41, 5.74) is 1.03. The summed E-state index contributed by atoms with van der Waals surface area (Å²) >= 11 is 2.09. The van der Waals surface area contributed by atoms with Crippen LogP contribution < -0.4 is 4.74 Å². The van der Waals surface area contributed by atoms with Crippen molar-refractivity contribution < 1.29 is 4.74 Å². The minimum atomic E-state index is 0. The first kappa shape index (κ1) is 10.5. The van der Waals surface area contributed by atoms with Crippen LogP contribution in [0.4, 0.5) is 0 Å². The Morgan fingerprint density at radius 3 is 2.17 bits per heavy atom. The molecule has 0 heterocycles. The van der Waals surface area contributed by atoms with Gasteiger partial charge in [-0.1, -0.05) is 22.6 Å². The quantitative estimate of drug-likeness (QED) is 0.426. The van der Waals surface area contributed by atoms with E-state index in [1.54, 1.807) is 7.11 Å². The number of hydrogen-bond donors (Lipinski definition) is 0. The van der Waals surface area contributed by atoms with Crippen LogP contribution in [0.5, 0.6) is 5.75 Å². The van der Waals surface area contributed by atoms with Crippen molar-refractivity contribution in [1.29, 1.82) is 0 Å². The van der Waals surface area contributed by atoms with Gasteiger partial charge in [0.25, 0.3) is 0 Å². The summed E-state index contributed by atoms with van der Waals surface area (Å²) in [7, 11) is 1.64. The minimum absolute atomic E-state index is 0. The molecule has 0 amide bonds. The van der Waals surface area contributed by atoms with Crippen LogP contribution in [-0.2, 0) is 0 Å². The summed E-state index contributed by atoms with van der Waals surface area (Å²) in [4.78, 5) is 0. The van der Waals surface area contributed by atoms with Gasteiger partial charge >= 0.3 is 0 Å². The number of ether oxygens (including phenoxy) is 1. The van der Waals surface area contributed by atoms with E-state index in [9.17, 15) is 0 Å². The normalized spacial score (nSPS) is 8.50. The van der Waals surface area contributed by atoms with Crippen LogP contribution in [0, 0.1) is 6.58 Å². The molecule has 0 atom stereocenters. The van der Waals surface area contributed by atoms with Crippen LogP contribution in [0.15, 0.2) is 24.3 Å². The predicted octanol–water partition coefficient (Wildman–Crippen LogP) is 2.90. The van der Waals surface area contributed by atoms with Crippen LogP contribution >= 0.6 is 22.6 Å². The molecule has 12 heavy (non-hydrogen) atoms. The Kier molecular flexibility index (Phi) is 3.83. The molecule has 0 unspecified atom stereocenters. The third-order valence-corrected chi connectivity index (χ3v) is 1.99. The first-order valence-electron chi connectivity index (χ1n) is 3.16. The van der Waals surface area contributed by atoms with E-state index in [-0.39, 0.29) is 0 Å². The maximum Gasteiger partial charge on any atom is 0.115 e. The van der Waals surface area contributed by atoms with Gasteiger partial charge in [-0.05, 0) is 12.1 Å². The minimum Gasteiger partial charge on any atom is -0.497 e. The second kappa shape index (κ2) is 4.38. The molecule has 0 saturated heterocycles. The van der Waals surface area contributed by atoms with Gasteiger partial charge < -0.3 is 4.74 Å². The maximum atomic E-state index is 5.57. The summed E-state index contributed by atoms with van der Waals surface area (Å²) < 4.78 is 5.79. The Labute approximate surface area is 80.2 Å². The number of methoxy groups -OCH3 is 1. The molecule has 0 saturated carbocycles. The van der Waals surface area contributed by atoms with Gasteiger partial charge in [-0.2, -0.15) is 9.14 Å². The molecule has 0 aliphatic rings. The summed E-state index contributed by atoms with van der Waals surface area (Å²) in [6.07, 6.45) is 0. The Morgan fingerprint density at radius 2 is 1.83 bits per heavy atom. The molecule has 1 aromatic carbocycles. The molecule has 0 radical (unpaired) electrons.